The molecular formula is C53H34N4S. The highest BCUT2D eigenvalue weighted by molar-refractivity contribution is 7.99. The summed E-state index contributed by atoms with van der Waals surface area (Å²) in [7, 11) is 0. The molecule has 0 amide bonds. The van der Waals surface area contributed by atoms with E-state index in [9.17, 15) is 5.26 Å². The minimum atomic E-state index is -0.474. The highest BCUT2D eigenvalue weighted by Gasteiger charge is 2.51. The Morgan fingerprint density at radius 2 is 1.07 bits per heavy atom. The van der Waals surface area contributed by atoms with Crippen molar-refractivity contribution in [2.75, 3.05) is 0 Å². The van der Waals surface area contributed by atoms with Gasteiger partial charge >= 0.3 is 0 Å². The van der Waals surface area contributed by atoms with E-state index in [-0.39, 0.29) is 0 Å². The number of benzene rings is 7. The summed E-state index contributed by atoms with van der Waals surface area (Å²) in [5, 5.41) is 9.39. The fraction of sp³-hybridized carbons (Fsp3) is 0.0566. The van der Waals surface area contributed by atoms with Crippen molar-refractivity contribution >= 4 is 17.3 Å². The van der Waals surface area contributed by atoms with Gasteiger partial charge in [-0.25, -0.2) is 15.0 Å². The average Bonchev–Trinajstić information content (AvgIpc) is 3.60. The Bertz CT molecular complexity index is 2960. The number of aromatic nitrogens is 3. The molecule has 0 saturated heterocycles. The van der Waals surface area contributed by atoms with Crippen molar-refractivity contribution in [2.24, 2.45) is 0 Å². The summed E-state index contributed by atoms with van der Waals surface area (Å²) in [5.41, 5.74) is 15.3. The van der Waals surface area contributed by atoms with E-state index in [1.54, 1.807) is 0 Å². The molecule has 0 bridgehead atoms. The van der Waals surface area contributed by atoms with E-state index >= 15 is 0 Å². The van der Waals surface area contributed by atoms with Crippen molar-refractivity contribution in [3.63, 3.8) is 0 Å². The minimum absolute atomic E-state index is 0.474. The first kappa shape index (κ1) is 34.1. The van der Waals surface area contributed by atoms with Crippen molar-refractivity contribution in [3.8, 4) is 62.5 Å². The molecule has 2 aliphatic carbocycles. The van der Waals surface area contributed by atoms with Crippen LogP contribution in [-0.4, -0.2) is 15.0 Å². The Morgan fingerprint density at radius 1 is 0.483 bits per heavy atom. The SMILES string of the molecule is N#Cc1ccc(-c2ccc(-c3cc4c(cc3-c3nc(-c5ccccc5)nc(-c5ccccc5)n3)C3(C5=C(C=CCC5)c5ccccc53)c3ccccc3S4)cc2)cc1. The molecule has 272 valence electrons. The first-order chi connectivity index (χ1) is 28.7. The summed E-state index contributed by atoms with van der Waals surface area (Å²) < 4.78 is 0. The lowest BCUT2D eigenvalue weighted by Crippen LogP contribution is -2.33. The van der Waals surface area contributed by atoms with Gasteiger partial charge in [-0.05, 0) is 98.8 Å². The number of nitrogens with zero attached hydrogens (tertiary/aromatic N) is 4. The summed E-state index contributed by atoms with van der Waals surface area (Å²) in [6.07, 6.45) is 6.67. The maximum absolute atomic E-state index is 9.39. The molecule has 58 heavy (non-hydrogen) atoms. The van der Waals surface area contributed by atoms with Crippen LogP contribution in [0.3, 0.4) is 0 Å². The lowest BCUT2D eigenvalue weighted by molar-refractivity contribution is 0.664. The van der Waals surface area contributed by atoms with Crippen LogP contribution in [0.15, 0.2) is 197 Å². The zero-order valence-electron chi connectivity index (χ0n) is 31.4. The van der Waals surface area contributed by atoms with Gasteiger partial charge in [0.2, 0.25) is 0 Å². The third-order valence-electron chi connectivity index (χ3n) is 11.8. The van der Waals surface area contributed by atoms with Gasteiger partial charge in [0.25, 0.3) is 0 Å². The smallest absolute Gasteiger partial charge is 0.164 e. The lowest BCUT2D eigenvalue weighted by Gasteiger charge is -2.42. The first-order valence-electron chi connectivity index (χ1n) is 19.6. The molecule has 5 heteroatoms. The quantitative estimate of drug-likeness (QED) is 0.175. The first-order valence-corrected chi connectivity index (χ1v) is 20.4. The molecule has 3 aliphatic rings. The van der Waals surface area contributed by atoms with Crippen molar-refractivity contribution in [3.05, 3.63) is 215 Å². The lowest BCUT2D eigenvalue weighted by atomic mass is 9.64. The summed E-state index contributed by atoms with van der Waals surface area (Å²) in [6, 6.07) is 61.9. The Kier molecular flexibility index (Phi) is 8.13. The standard InChI is InChI=1S/C53H34N4S/c54-33-34-23-25-35(26-24-34)36-27-29-37(30-28-36)42-32-49-47(31-43(42)52-56-50(38-13-3-1-4-14-38)55-51(57-52)39-15-5-2-6-16-39)53(46-21-11-12-22-48(46)58-49)44-19-9-7-17-40(44)41-18-8-10-20-45(41)53/h1-9,11-19,21-32H,10,20H2. The fourth-order valence-corrected chi connectivity index (χ4v) is 10.4. The molecule has 0 fully saturated rings. The molecule has 1 unspecified atom stereocenters. The zero-order valence-corrected chi connectivity index (χ0v) is 32.2. The molecule has 11 rings (SSSR count). The summed E-state index contributed by atoms with van der Waals surface area (Å²) in [4.78, 5) is 18.2. The second-order valence-electron chi connectivity index (χ2n) is 14.9. The molecule has 4 nitrogen and oxygen atoms in total. The van der Waals surface area contributed by atoms with Crippen LogP contribution in [0.4, 0.5) is 0 Å². The summed E-state index contributed by atoms with van der Waals surface area (Å²) in [5.74, 6) is 1.89. The van der Waals surface area contributed by atoms with Crippen LogP contribution in [0.25, 0.3) is 62.0 Å². The third-order valence-corrected chi connectivity index (χ3v) is 12.9. The molecule has 8 aromatic rings. The molecule has 0 saturated carbocycles. The van der Waals surface area contributed by atoms with Gasteiger partial charge in [-0.15, -0.1) is 0 Å². The number of rotatable bonds is 5. The van der Waals surface area contributed by atoms with E-state index in [4.69, 9.17) is 15.0 Å². The van der Waals surface area contributed by atoms with Gasteiger partial charge in [0.05, 0.1) is 17.0 Å². The molecule has 7 aromatic carbocycles. The van der Waals surface area contributed by atoms with Gasteiger partial charge in [0, 0.05) is 26.5 Å². The van der Waals surface area contributed by atoms with Crippen LogP contribution in [0.5, 0.6) is 0 Å². The molecule has 0 radical (unpaired) electrons. The zero-order chi connectivity index (χ0) is 38.6. The van der Waals surface area contributed by atoms with Crippen LogP contribution >= 0.6 is 11.8 Å². The second kappa shape index (κ2) is 13.8. The van der Waals surface area contributed by atoms with Gasteiger partial charge in [0.15, 0.2) is 17.5 Å². The van der Waals surface area contributed by atoms with Crippen molar-refractivity contribution in [1.29, 1.82) is 5.26 Å². The Labute approximate surface area is 342 Å². The number of hydrogen-bond acceptors (Lipinski definition) is 5. The van der Waals surface area contributed by atoms with Gasteiger partial charge < -0.3 is 0 Å². The van der Waals surface area contributed by atoms with E-state index in [1.807, 2.05) is 72.4 Å². The summed E-state index contributed by atoms with van der Waals surface area (Å²) in [6.45, 7) is 0. The number of hydrogen-bond donors (Lipinski definition) is 0. The second-order valence-corrected chi connectivity index (χ2v) is 16.0. The van der Waals surface area contributed by atoms with E-state index in [2.05, 4.69) is 127 Å². The normalized spacial score (nSPS) is 16.0. The van der Waals surface area contributed by atoms with Crippen molar-refractivity contribution in [2.45, 2.75) is 28.0 Å². The Morgan fingerprint density at radius 3 is 1.76 bits per heavy atom. The predicted octanol–water partition coefficient (Wildman–Crippen LogP) is 13.0. The van der Waals surface area contributed by atoms with E-state index in [1.165, 1.54) is 43.2 Å². The number of nitriles is 1. The molecule has 2 heterocycles. The molecule has 1 spiro atoms. The van der Waals surface area contributed by atoms with E-state index in [0.717, 1.165) is 51.8 Å². The Balaban J connectivity index is 1.20. The molecule has 1 atom stereocenters. The maximum atomic E-state index is 9.39. The molecule has 1 aliphatic heterocycles. The molecule has 1 aromatic heterocycles. The topological polar surface area (TPSA) is 62.5 Å². The van der Waals surface area contributed by atoms with E-state index in [0.29, 0.717) is 23.0 Å². The Hall–Kier alpha value is -7.13. The van der Waals surface area contributed by atoms with Crippen LogP contribution in [0.2, 0.25) is 0 Å². The third kappa shape index (κ3) is 5.41. The maximum Gasteiger partial charge on any atom is 0.164 e. The molecular weight excluding hydrogens is 725 g/mol. The molecule has 0 N–H and O–H groups in total. The predicted molar refractivity (Wildman–Crippen MR) is 234 cm³/mol. The number of allylic oxidation sites excluding steroid dienone is 4. The monoisotopic (exact) mass is 758 g/mol. The van der Waals surface area contributed by atoms with Crippen molar-refractivity contribution < 1.29 is 0 Å². The summed E-state index contributed by atoms with van der Waals surface area (Å²) >= 11 is 1.85. The fourth-order valence-electron chi connectivity index (χ4n) is 9.15. The van der Waals surface area contributed by atoms with Gasteiger partial charge in [-0.1, -0.05) is 163 Å². The number of fused-ring (bicyclic) bond motifs is 8. The minimum Gasteiger partial charge on any atom is -0.208 e. The van der Waals surface area contributed by atoms with E-state index < -0.39 is 5.41 Å². The van der Waals surface area contributed by atoms with Crippen molar-refractivity contribution in [1.82, 2.24) is 15.0 Å². The van der Waals surface area contributed by atoms with Crippen LogP contribution in [0.1, 0.15) is 40.7 Å². The highest BCUT2D eigenvalue weighted by atomic mass is 32.2. The van der Waals surface area contributed by atoms with Gasteiger partial charge in [-0.3, -0.25) is 0 Å². The van der Waals surface area contributed by atoms with Crippen LogP contribution in [0, 0.1) is 11.3 Å². The highest BCUT2D eigenvalue weighted by Crippen LogP contribution is 2.63. The average molecular weight is 759 g/mol. The van der Waals surface area contributed by atoms with Gasteiger partial charge in [-0.2, -0.15) is 5.26 Å². The largest absolute Gasteiger partial charge is 0.208 e. The van der Waals surface area contributed by atoms with Crippen LogP contribution < -0.4 is 0 Å². The van der Waals surface area contributed by atoms with Gasteiger partial charge in [0.1, 0.15) is 0 Å². The van der Waals surface area contributed by atoms with Crippen LogP contribution in [-0.2, 0) is 5.41 Å².